The van der Waals surface area contributed by atoms with E-state index < -0.39 is 17.6 Å². The van der Waals surface area contributed by atoms with Gasteiger partial charge in [0, 0.05) is 6.04 Å². The molecule has 1 rings (SSSR count). The molecular formula is C19H31N3O3. The number of methoxy groups -OCH3 is 1. The van der Waals surface area contributed by atoms with E-state index >= 15 is 0 Å². The van der Waals surface area contributed by atoms with Crippen LogP contribution in [0.5, 0.6) is 0 Å². The van der Waals surface area contributed by atoms with Crippen molar-refractivity contribution >= 4 is 12.0 Å². The zero-order chi connectivity index (χ0) is 18.9. The van der Waals surface area contributed by atoms with Crippen LogP contribution in [0.1, 0.15) is 32.8 Å². The van der Waals surface area contributed by atoms with E-state index in [4.69, 9.17) is 0 Å². The molecule has 0 unspecified atom stereocenters. The van der Waals surface area contributed by atoms with Crippen molar-refractivity contribution in [2.24, 2.45) is 5.41 Å². The number of rotatable bonds is 8. The number of carbonyl (C=O) groups excluding carboxylic acids is 2. The first-order valence-electron chi connectivity index (χ1n) is 8.61. The summed E-state index contributed by atoms with van der Waals surface area (Å²) >= 11 is 0. The molecule has 0 saturated carbocycles. The fraction of sp³-hybridized carbons (Fsp3) is 0.579. The molecule has 0 aliphatic heterocycles. The first-order chi connectivity index (χ1) is 11.8. The molecule has 3 N–H and O–H groups in total. The van der Waals surface area contributed by atoms with Gasteiger partial charge in [-0.15, -0.1) is 0 Å². The molecule has 0 bridgehead atoms. The van der Waals surface area contributed by atoms with Crippen LogP contribution in [0, 0.1) is 5.41 Å². The van der Waals surface area contributed by atoms with Crippen LogP contribution in [0.4, 0.5) is 4.79 Å². The molecule has 0 aromatic heterocycles. The topological polar surface area (TPSA) is 79.5 Å². The van der Waals surface area contributed by atoms with Crippen molar-refractivity contribution < 1.29 is 14.3 Å². The van der Waals surface area contributed by atoms with Gasteiger partial charge in [-0.1, -0.05) is 51.1 Å². The van der Waals surface area contributed by atoms with Gasteiger partial charge in [0.15, 0.2) is 0 Å². The number of amides is 2. The summed E-state index contributed by atoms with van der Waals surface area (Å²) in [5.41, 5.74) is 0.732. The van der Waals surface area contributed by atoms with E-state index in [0.717, 1.165) is 24.9 Å². The molecule has 0 aliphatic rings. The molecule has 25 heavy (non-hydrogen) atoms. The minimum atomic E-state index is -0.673. The number of hydrogen-bond acceptors (Lipinski definition) is 4. The van der Waals surface area contributed by atoms with Crippen molar-refractivity contribution in [3.05, 3.63) is 35.9 Å². The number of hydrogen-bond donors (Lipinski definition) is 3. The maximum atomic E-state index is 12.8. The van der Waals surface area contributed by atoms with Crippen LogP contribution in [-0.2, 0) is 16.0 Å². The number of ether oxygens (including phenoxy) is 1. The molecule has 6 nitrogen and oxygen atoms in total. The molecular weight excluding hydrogens is 318 g/mol. The maximum absolute atomic E-state index is 12.8. The van der Waals surface area contributed by atoms with E-state index in [-0.39, 0.29) is 11.9 Å². The van der Waals surface area contributed by atoms with E-state index in [1.54, 1.807) is 0 Å². The predicted molar refractivity (Wildman–Crippen MR) is 99.4 cm³/mol. The summed E-state index contributed by atoms with van der Waals surface area (Å²) in [5.74, 6) is -0.199. The number of carbonyl (C=O) groups is 2. The van der Waals surface area contributed by atoms with Crippen LogP contribution in [0.3, 0.4) is 0 Å². The second-order valence-corrected chi connectivity index (χ2v) is 7.22. The lowest BCUT2D eigenvalue weighted by Crippen LogP contribution is -2.55. The van der Waals surface area contributed by atoms with Crippen molar-refractivity contribution in [3.63, 3.8) is 0 Å². The number of nitrogens with one attached hydrogen (secondary N) is 3. The zero-order valence-corrected chi connectivity index (χ0v) is 15.9. The van der Waals surface area contributed by atoms with Crippen LogP contribution in [0.2, 0.25) is 0 Å². The second kappa shape index (κ2) is 10.0. The van der Waals surface area contributed by atoms with Crippen molar-refractivity contribution in [2.45, 2.75) is 45.7 Å². The number of alkyl carbamates (subject to hydrolysis) is 1. The minimum absolute atomic E-state index is 0.0216. The van der Waals surface area contributed by atoms with E-state index in [1.807, 2.05) is 58.2 Å². The van der Waals surface area contributed by atoms with Crippen LogP contribution >= 0.6 is 0 Å². The lowest BCUT2D eigenvalue weighted by molar-refractivity contribution is -0.126. The SMILES string of the molecule is CNCC[C@H](Cc1ccccc1)NC(=O)[C@@H](NC(=O)OC)C(C)(C)C. The Labute approximate surface area is 150 Å². The Balaban J connectivity index is 2.84. The highest BCUT2D eigenvalue weighted by Gasteiger charge is 2.34. The first-order valence-corrected chi connectivity index (χ1v) is 8.61. The van der Waals surface area contributed by atoms with Crippen LogP contribution in [0.25, 0.3) is 0 Å². The van der Waals surface area contributed by atoms with Crippen LogP contribution in [-0.4, -0.2) is 44.8 Å². The summed E-state index contributed by atoms with van der Waals surface area (Å²) in [7, 11) is 3.18. The molecule has 1 aromatic carbocycles. The van der Waals surface area contributed by atoms with Crippen LogP contribution < -0.4 is 16.0 Å². The van der Waals surface area contributed by atoms with Crippen molar-refractivity contribution in [3.8, 4) is 0 Å². The molecule has 0 saturated heterocycles. The maximum Gasteiger partial charge on any atom is 0.407 e. The third kappa shape index (κ3) is 7.56. The van der Waals surface area contributed by atoms with Gasteiger partial charge in [0.25, 0.3) is 0 Å². The molecule has 6 heteroatoms. The van der Waals surface area contributed by atoms with Gasteiger partial charge in [-0.05, 0) is 37.4 Å². The quantitative estimate of drug-likeness (QED) is 0.671. The van der Waals surface area contributed by atoms with Gasteiger partial charge < -0.3 is 20.7 Å². The Bertz CT molecular complexity index is 541. The molecule has 2 amide bonds. The fourth-order valence-electron chi connectivity index (χ4n) is 2.58. The summed E-state index contributed by atoms with van der Waals surface area (Å²) < 4.78 is 4.65. The highest BCUT2D eigenvalue weighted by molar-refractivity contribution is 5.86. The molecule has 0 heterocycles. The molecule has 0 spiro atoms. The minimum Gasteiger partial charge on any atom is -0.453 e. The van der Waals surface area contributed by atoms with Gasteiger partial charge in [-0.2, -0.15) is 0 Å². The van der Waals surface area contributed by atoms with Gasteiger partial charge in [-0.3, -0.25) is 4.79 Å². The number of benzene rings is 1. The fourth-order valence-corrected chi connectivity index (χ4v) is 2.58. The lowest BCUT2D eigenvalue weighted by Gasteiger charge is -2.31. The zero-order valence-electron chi connectivity index (χ0n) is 15.9. The van der Waals surface area contributed by atoms with Gasteiger partial charge in [0.2, 0.25) is 5.91 Å². The standard InChI is InChI=1S/C19H31N3O3/c1-19(2,3)16(22-18(24)25-5)17(23)21-15(11-12-20-4)13-14-9-7-6-8-10-14/h6-10,15-16,20H,11-13H2,1-5H3,(H,21,23)(H,22,24)/t15-,16-/m1/s1. The van der Waals surface area contributed by atoms with E-state index in [0.29, 0.717) is 0 Å². The van der Waals surface area contributed by atoms with Crippen molar-refractivity contribution in [1.82, 2.24) is 16.0 Å². The summed E-state index contributed by atoms with van der Waals surface area (Å²) in [6.07, 6.45) is 0.931. The van der Waals surface area contributed by atoms with E-state index in [2.05, 4.69) is 20.7 Å². The van der Waals surface area contributed by atoms with Gasteiger partial charge >= 0.3 is 6.09 Å². The van der Waals surface area contributed by atoms with E-state index in [9.17, 15) is 9.59 Å². The molecule has 140 valence electrons. The van der Waals surface area contributed by atoms with Gasteiger partial charge in [0.1, 0.15) is 6.04 Å². The average molecular weight is 349 g/mol. The van der Waals surface area contributed by atoms with Crippen molar-refractivity contribution in [1.29, 1.82) is 0 Å². The molecule has 2 atom stereocenters. The van der Waals surface area contributed by atoms with Crippen molar-refractivity contribution in [2.75, 3.05) is 20.7 Å². The Morgan fingerprint density at radius 2 is 1.76 bits per heavy atom. The lowest BCUT2D eigenvalue weighted by atomic mass is 9.86. The summed E-state index contributed by atoms with van der Waals surface area (Å²) in [4.78, 5) is 24.4. The molecule has 1 aromatic rings. The highest BCUT2D eigenvalue weighted by Crippen LogP contribution is 2.20. The molecule has 0 aliphatic carbocycles. The Morgan fingerprint density at radius 3 is 2.28 bits per heavy atom. The average Bonchev–Trinajstić information content (AvgIpc) is 2.57. The summed E-state index contributed by atoms with van der Waals surface area (Å²) in [6, 6.07) is 9.35. The molecule has 0 radical (unpaired) electrons. The third-order valence-electron chi connectivity index (χ3n) is 3.99. The summed E-state index contributed by atoms with van der Waals surface area (Å²) in [5, 5.41) is 8.85. The molecule has 0 fully saturated rings. The third-order valence-corrected chi connectivity index (χ3v) is 3.99. The Kier molecular flexibility index (Phi) is 8.41. The largest absolute Gasteiger partial charge is 0.453 e. The second-order valence-electron chi connectivity index (χ2n) is 7.22. The summed E-state index contributed by atoms with van der Waals surface area (Å²) in [6.45, 7) is 6.52. The normalized spacial score (nSPS) is 13.6. The predicted octanol–water partition coefficient (Wildman–Crippen LogP) is 2.09. The first kappa shape index (κ1) is 21.0. The smallest absolute Gasteiger partial charge is 0.407 e. The Hall–Kier alpha value is -2.08. The van der Waals surface area contributed by atoms with Crippen LogP contribution in [0.15, 0.2) is 30.3 Å². The Morgan fingerprint density at radius 1 is 1.12 bits per heavy atom. The van der Waals surface area contributed by atoms with Gasteiger partial charge in [-0.25, -0.2) is 4.79 Å². The highest BCUT2D eigenvalue weighted by atomic mass is 16.5. The monoisotopic (exact) mass is 349 g/mol. The van der Waals surface area contributed by atoms with E-state index in [1.165, 1.54) is 7.11 Å². The van der Waals surface area contributed by atoms with Gasteiger partial charge in [0.05, 0.1) is 7.11 Å².